The van der Waals surface area contributed by atoms with Crippen LogP contribution in [0.3, 0.4) is 0 Å². The van der Waals surface area contributed by atoms with Gasteiger partial charge < -0.3 is 4.74 Å². The fourth-order valence-electron chi connectivity index (χ4n) is 3.41. The number of hydrogen-bond donors (Lipinski definition) is 0. The zero-order chi connectivity index (χ0) is 11.7. The minimum Gasteiger partial charge on any atom is -0.496 e. The molecule has 1 aromatic carbocycles. The molecule has 0 spiro atoms. The lowest BCUT2D eigenvalue weighted by molar-refractivity contribution is 0.220. The fraction of sp³-hybridized carbons (Fsp3) is 0.600. The van der Waals surface area contributed by atoms with Gasteiger partial charge >= 0.3 is 0 Å². The predicted molar refractivity (Wildman–Crippen MR) is 69.5 cm³/mol. The zero-order valence-corrected chi connectivity index (χ0v) is 10.6. The van der Waals surface area contributed by atoms with E-state index in [1.807, 2.05) is 0 Å². The van der Waals surface area contributed by atoms with Crippen molar-refractivity contribution in [3.05, 3.63) is 29.3 Å². The Labute approximate surface area is 104 Å². The summed E-state index contributed by atoms with van der Waals surface area (Å²) in [4.78, 5) is 2.66. The lowest BCUT2D eigenvalue weighted by atomic mass is 9.86. The van der Waals surface area contributed by atoms with Gasteiger partial charge in [0, 0.05) is 6.04 Å². The summed E-state index contributed by atoms with van der Waals surface area (Å²) in [5, 5.41) is 0. The summed E-state index contributed by atoms with van der Waals surface area (Å²) in [7, 11) is 1.79. The second-order valence-corrected chi connectivity index (χ2v) is 5.18. The van der Waals surface area contributed by atoms with Gasteiger partial charge in [-0.1, -0.05) is 12.1 Å². The summed E-state index contributed by atoms with van der Waals surface area (Å²) in [6.45, 7) is 2.56. The number of hydrogen-bond acceptors (Lipinski definition) is 2. The van der Waals surface area contributed by atoms with Crippen molar-refractivity contribution in [1.82, 2.24) is 4.90 Å². The van der Waals surface area contributed by atoms with Crippen LogP contribution in [0.25, 0.3) is 0 Å². The molecule has 1 aromatic rings. The largest absolute Gasteiger partial charge is 0.496 e. The molecule has 0 amide bonds. The highest BCUT2D eigenvalue weighted by Crippen LogP contribution is 2.39. The average molecular weight is 231 g/mol. The molecular weight excluding hydrogens is 210 g/mol. The third kappa shape index (κ3) is 1.95. The maximum Gasteiger partial charge on any atom is 0.122 e. The van der Waals surface area contributed by atoms with E-state index in [0.717, 1.165) is 5.75 Å². The number of likely N-dealkylation sites (tertiary alicyclic amines) is 1. The van der Waals surface area contributed by atoms with Gasteiger partial charge in [-0.15, -0.1) is 0 Å². The first-order valence-electron chi connectivity index (χ1n) is 6.80. The van der Waals surface area contributed by atoms with E-state index >= 15 is 0 Å². The molecule has 2 aliphatic rings. The monoisotopic (exact) mass is 231 g/mol. The Balaban J connectivity index is 1.95. The molecule has 17 heavy (non-hydrogen) atoms. The first-order chi connectivity index (χ1) is 8.40. The normalized spacial score (nSPS) is 24.6. The van der Waals surface area contributed by atoms with Crippen molar-refractivity contribution in [2.75, 3.05) is 20.2 Å². The maximum atomic E-state index is 5.51. The summed E-state index contributed by atoms with van der Waals surface area (Å²) in [5.41, 5.74) is 2.98. The Kier molecular flexibility index (Phi) is 3.06. The summed E-state index contributed by atoms with van der Waals surface area (Å²) in [6, 6.07) is 7.20. The van der Waals surface area contributed by atoms with Gasteiger partial charge in [-0.2, -0.15) is 0 Å². The van der Waals surface area contributed by atoms with Crippen molar-refractivity contribution in [2.45, 2.75) is 38.1 Å². The quantitative estimate of drug-likeness (QED) is 0.775. The van der Waals surface area contributed by atoms with Crippen molar-refractivity contribution in [3.63, 3.8) is 0 Å². The minimum absolute atomic E-state index is 0.649. The molecule has 0 radical (unpaired) electrons. The molecule has 0 bridgehead atoms. The third-order valence-electron chi connectivity index (χ3n) is 4.23. The SMILES string of the molecule is COc1cccc2c1CCCC2N1CCCC1. The van der Waals surface area contributed by atoms with E-state index in [-0.39, 0.29) is 0 Å². The van der Waals surface area contributed by atoms with Crippen LogP contribution < -0.4 is 4.74 Å². The van der Waals surface area contributed by atoms with Crippen LogP contribution in [0.5, 0.6) is 5.75 Å². The Morgan fingerprint density at radius 1 is 1.18 bits per heavy atom. The molecular formula is C15H21NO. The summed E-state index contributed by atoms with van der Waals surface area (Å²) in [5.74, 6) is 1.09. The standard InChI is InChI=1S/C15H21NO/c1-17-15-9-5-6-12-13(15)7-4-8-14(12)16-10-2-3-11-16/h5-6,9,14H,2-4,7-8,10-11H2,1H3. The van der Waals surface area contributed by atoms with E-state index in [9.17, 15) is 0 Å². The topological polar surface area (TPSA) is 12.5 Å². The van der Waals surface area contributed by atoms with E-state index in [1.54, 1.807) is 7.11 Å². The highest BCUT2D eigenvalue weighted by atomic mass is 16.5. The Morgan fingerprint density at radius 2 is 2.00 bits per heavy atom. The maximum absolute atomic E-state index is 5.51. The van der Waals surface area contributed by atoms with Gasteiger partial charge in [0.05, 0.1) is 7.11 Å². The molecule has 2 nitrogen and oxygen atoms in total. The van der Waals surface area contributed by atoms with Crippen LogP contribution in [-0.4, -0.2) is 25.1 Å². The van der Waals surface area contributed by atoms with Crippen LogP contribution in [0.2, 0.25) is 0 Å². The van der Waals surface area contributed by atoms with Gasteiger partial charge in [-0.05, 0) is 62.4 Å². The number of nitrogens with zero attached hydrogens (tertiary/aromatic N) is 1. The predicted octanol–water partition coefficient (Wildman–Crippen LogP) is 3.17. The second-order valence-electron chi connectivity index (χ2n) is 5.18. The fourth-order valence-corrected chi connectivity index (χ4v) is 3.41. The van der Waals surface area contributed by atoms with Crippen LogP contribution in [0, 0.1) is 0 Å². The van der Waals surface area contributed by atoms with E-state index in [2.05, 4.69) is 23.1 Å². The van der Waals surface area contributed by atoms with Crippen molar-refractivity contribution in [1.29, 1.82) is 0 Å². The number of fused-ring (bicyclic) bond motifs is 1. The highest BCUT2D eigenvalue weighted by molar-refractivity contribution is 5.43. The van der Waals surface area contributed by atoms with Gasteiger partial charge in [0.15, 0.2) is 0 Å². The number of ether oxygens (including phenoxy) is 1. The summed E-state index contributed by atoms with van der Waals surface area (Å²) >= 11 is 0. The van der Waals surface area contributed by atoms with Gasteiger partial charge in [0.25, 0.3) is 0 Å². The molecule has 1 fully saturated rings. The summed E-state index contributed by atoms with van der Waals surface area (Å²) < 4.78 is 5.51. The lowest BCUT2D eigenvalue weighted by Crippen LogP contribution is -2.28. The van der Waals surface area contributed by atoms with E-state index in [4.69, 9.17) is 4.74 Å². The van der Waals surface area contributed by atoms with Crippen LogP contribution in [-0.2, 0) is 6.42 Å². The van der Waals surface area contributed by atoms with Crippen LogP contribution in [0.1, 0.15) is 42.9 Å². The number of methoxy groups -OCH3 is 1. The van der Waals surface area contributed by atoms with Gasteiger partial charge in [-0.25, -0.2) is 0 Å². The van der Waals surface area contributed by atoms with Gasteiger partial charge in [0.2, 0.25) is 0 Å². The van der Waals surface area contributed by atoms with Crippen molar-refractivity contribution >= 4 is 0 Å². The highest BCUT2D eigenvalue weighted by Gasteiger charge is 2.28. The molecule has 1 saturated heterocycles. The van der Waals surface area contributed by atoms with E-state index < -0.39 is 0 Å². The molecule has 1 aliphatic carbocycles. The van der Waals surface area contributed by atoms with Gasteiger partial charge in [0.1, 0.15) is 5.75 Å². The first kappa shape index (κ1) is 11.1. The molecule has 3 rings (SSSR count). The van der Waals surface area contributed by atoms with E-state index in [1.165, 1.54) is 56.3 Å². The lowest BCUT2D eigenvalue weighted by Gasteiger charge is -2.33. The van der Waals surface area contributed by atoms with E-state index in [0.29, 0.717) is 6.04 Å². The molecule has 0 aromatic heterocycles. The second kappa shape index (κ2) is 4.69. The van der Waals surface area contributed by atoms with Crippen LogP contribution in [0.15, 0.2) is 18.2 Å². The van der Waals surface area contributed by atoms with Crippen LogP contribution in [0.4, 0.5) is 0 Å². The molecule has 2 heteroatoms. The van der Waals surface area contributed by atoms with Gasteiger partial charge in [-0.3, -0.25) is 4.90 Å². The molecule has 1 atom stereocenters. The molecule has 0 N–H and O–H groups in total. The molecule has 1 heterocycles. The van der Waals surface area contributed by atoms with Crippen molar-refractivity contribution < 1.29 is 4.74 Å². The zero-order valence-electron chi connectivity index (χ0n) is 10.6. The number of benzene rings is 1. The van der Waals surface area contributed by atoms with Crippen LogP contribution >= 0.6 is 0 Å². The Morgan fingerprint density at radius 3 is 2.76 bits per heavy atom. The molecule has 92 valence electrons. The smallest absolute Gasteiger partial charge is 0.122 e. The molecule has 1 aliphatic heterocycles. The van der Waals surface area contributed by atoms with Crippen molar-refractivity contribution in [3.8, 4) is 5.75 Å². The number of rotatable bonds is 2. The molecule has 0 saturated carbocycles. The average Bonchev–Trinajstić information content (AvgIpc) is 2.91. The first-order valence-corrected chi connectivity index (χ1v) is 6.80. The summed E-state index contributed by atoms with van der Waals surface area (Å²) in [6.07, 6.45) is 6.55. The third-order valence-corrected chi connectivity index (χ3v) is 4.23. The Hall–Kier alpha value is -1.02. The molecule has 1 unspecified atom stereocenters. The van der Waals surface area contributed by atoms with Crippen molar-refractivity contribution in [2.24, 2.45) is 0 Å². The minimum atomic E-state index is 0.649. The Bertz CT molecular complexity index is 396.